The highest BCUT2D eigenvalue weighted by molar-refractivity contribution is 5.96. The summed E-state index contributed by atoms with van der Waals surface area (Å²) in [7, 11) is 0. The molecule has 0 saturated heterocycles. The number of rotatable bonds is 6. The Labute approximate surface area is 148 Å². The molecule has 0 aliphatic rings. The van der Waals surface area contributed by atoms with Gasteiger partial charge in [-0.05, 0) is 42.8 Å². The lowest BCUT2D eigenvalue weighted by molar-refractivity contribution is 0.0487. The van der Waals surface area contributed by atoms with E-state index >= 15 is 0 Å². The zero-order chi connectivity index (χ0) is 18.5. The van der Waals surface area contributed by atoms with Gasteiger partial charge in [0.25, 0.3) is 0 Å². The zero-order valence-electron chi connectivity index (χ0n) is 13.8. The average Bonchev–Trinajstić information content (AvgIpc) is 2.65. The van der Waals surface area contributed by atoms with Gasteiger partial charge in [-0.2, -0.15) is 0 Å². The molecule has 0 aliphatic heterocycles. The maximum Gasteiger partial charge on any atom is 0.354 e. The van der Waals surface area contributed by atoms with Crippen LogP contribution in [-0.2, 0) is 4.74 Å². The minimum atomic E-state index is -0.651. The van der Waals surface area contributed by atoms with Crippen molar-refractivity contribution >= 4 is 22.7 Å². The van der Waals surface area contributed by atoms with Gasteiger partial charge in [0, 0.05) is 29.0 Å². The molecule has 1 aromatic heterocycles. The molecule has 6 heteroatoms. The van der Waals surface area contributed by atoms with Crippen molar-refractivity contribution in [3.05, 3.63) is 81.9 Å². The van der Waals surface area contributed by atoms with Gasteiger partial charge < -0.3 is 9.72 Å². The van der Waals surface area contributed by atoms with E-state index in [0.29, 0.717) is 22.9 Å². The molecule has 0 atom stereocenters. The smallest absolute Gasteiger partial charge is 0.354 e. The van der Waals surface area contributed by atoms with Crippen LogP contribution in [0.4, 0.5) is 4.39 Å². The number of para-hydroxylation sites is 1. The number of carbonyl (C=O) groups is 2. The highest BCUT2D eigenvalue weighted by atomic mass is 19.1. The second-order valence-electron chi connectivity index (χ2n) is 5.76. The molecule has 1 N–H and O–H groups in total. The molecule has 0 bridgehead atoms. The van der Waals surface area contributed by atoms with Crippen molar-refractivity contribution in [1.29, 1.82) is 0 Å². The van der Waals surface area contributed by atoms with Gasteiger partial charge in [0.05, 0.1) is 6.61 Å². The Balaban J connectivity index is 1.55. The van der Waals surface area contributed by atoms with Gasteiger partial charge in [0.1, 0.15) is 11.5 Å². The number of aromatic amines is 1. The molecule has 26 heavy (non-hydrogen) atoms. The molecular weight excluding hydrogens is 337 g/mol. The SMILES string of the molecule is O=C(CCCOC(=O)c1cc(=O)c2ccccc2[nH]1)c1ccc(F)cc1. The summed E-state index contributed by atoms with van der Waals surface area (Å²) in [5.41, 5.74) is 0.770. The summed E-state index contributed by atoms with van der Waals surface area (Å²) in [6.45, 7) is 0.0423. The van der Waals surface area contributed by atoms with Gasteiger partial charge in [-0.3, -0.25) is 9.59 Å². The van der Waals surface area contributed by atoms with E-state index in [1.54, 1.807) is 24.3 Å². The predicted octanol–water partition coefficient (Wildman–Crippen LogP) is 3.49. The van der Waals surface area contributed by atoms with Crippen LogP contribution in [0, 0.1) is 5.82 Å². The molecule has 132 valence electrons. The second-order valence-corrected chi connectivity index (χ2v) is 5.76. The van der Waals surface area contributed by atoms with Gasteiger partial charge in [-0.25, -0.2) is 9.18 Å². The van der Waals surface area contributed by atoms with Crippen molar-refractivity contribution < 1.29 is 18.7 Å². The predicted molar refractivity (Wildman–Crippen MR) is 94.8 cm³/mol. The maximum atomic E-state index is 12.8. The van der Waals surface area contributed by atoms with Crippen LogP contribution in [0.1, 0.15) is 33.7 Å². The van der Waals surface area contributed by atoms with Crippen LogP contribution >= 0.6 is 0 Å². The monoisotopic (exact) mass is 353 g/mol. The molecule has 0 fully saturated rings. The van der Waals surface area contributed by atoms with E-state index in [0.717, 1.165) is 0 Å². The first-order valence-electron chi connectivity index (χ1n) is 8.12. The highest BCUT2D eigenvalue weighted by Gasteiger charge is 2.12. The molecule has 0 spiro atoms. The van der Waals surface area contributed by atoms with Gasteiger partial charge in [-0.1, -0.05) is 12.1 Å². The van der Waals surface area contributed by atoms with E-state index < -0.39 is 11.8 Å². The van der Waals surface area contributed by atoms with Crippen LogP contribution in [0.15, 0.2) is 59.4 Å². The fraction of sp³-hybridized carbons (Fsp3) is 0.150. The maximum absolute atomic E-state index is 12.8. The fourth-order valence-corrected chi connectivity index (χ4v) is 2.56. The van der Waals surface area contributed by atoms with E-state index in [1.165, 1.54) is 30.3 Å². The first-order valence-corrected chi connectivity index (χ1v) is 8.12. The first-order chi connectivity index (χ1) is 12.5. The number of Topliss-reactive ketones (excluding diaryl/α,β-unsaturated/α-hetero) is 1. The van der Waals surface area contributed by atoms with Gasteiger partial charge in [0.15, 0.2) is 11.2 Å². The summed E-state index contributed by atoms with van der Waals surface area (Å²) in [4.78, 5) is 38.9. The van der Waals surface area contributed by atoms with Crippen molar-refractivity contribution in [2.45, 2.75) is 12.8 Å². The summed E-state index contributed by atoms with van der Waals surface area (Å²) in [5, 5.41) is 0.494. The third kappa shape index (κ3) is 4.03. The van der Waals surface area contributed by atoms with E-state index in [9.17, 15) is 18.8 Å². The van der Waals surface area contributed by atoms with Crippen LogP contribution < -0.4 is 5.43 Å². The van der Waals surface area contributed by atoms with E-state index in [1.807, 2.05) is 0 Å². The van der Waals surface area contributed by atoms with Gasteiger partial charge >= 0.3 is 5.97 Å². The average molecular weight is 353 g/mol. The van der Waals surface area contributed by atoms with Crippen molar-refractivity contribution in [3.8, 4) is 0 Å². The number of ether oxygens (including phenoxy) is 1. The number of esters is 1. The molecule has 0 saturated carbocycles. The standard InChI is InChI=1S/C20H16FNO4/c21-14-9-7-13(8-10-14)18(23)6-3-11-26-20(25)17-12-19(24)15-4-1-2-5-16(15)22-17/h1-2,4-5,7-10,12H,3,6,11H2,(H,22,24). The number of carbonyl (C=O) groups excluding carboxylic acids is 2. The van der Waals surface area contributed by atoms with Crippen molar-refractivity contribution in [2.24, 2.45) is 0 Å². The quantitative estimate of drug-likeness (QED) is 0.418. The Hall–Kier alpha value is -3.28. The minimum absolute atomic E-state index is 0.0423. The van der Waals surface area contributed by atoms with Gasteiger partial charge in [-0.15, -0.1) is 0 Å². The number of nitrogens with one attached hydrogen (secondary N) is 1. The largest absolute Gasteiger partial charge is 0.461 e. The Kier molecular flexibility index (Phi) is 5.22. The van der Waals surface area contributed by atoms with E-state index in [-0.39, 0.29) is 29.9 Å². The van der Waals surface area contributed by atoms with Crippen LogP contribution in [0.3, 0.4) is 0 Å². The van der Waals surface area contributed by atoms with Crippen LogP contribution in [0.2, 0.25) is 0 Å². The minimum Gasteiger partial charge on any atom is -0.461 e. The lowest BCUT2D eigenvalue weighted by atomic mass is 10.1. The summed E-state index contributed by atoms with van der Waals surface area (Å²) in [6.07, 6.45) is 0.507. The molecule has 1 heterocycles. The summed E-state index contributed by atoms with van der Waals surface area (Å²) in [6, 6.07) is 13.4. The number of pyridine rings is 1. The normalized spacial score (nSPS) is 10.7. The lowest BCUT2D eigenvalue weighted by Gasteiger charge is -2.06. The Morgan fingerprint density at radius 1 is 1.04 bits per heavy atom. The van der Waals surface area contributed by atoms with Crippen molar-refractivity contribution in [1.82, 2.24) is 4.98 Å². The molecule has 0 unspecified atom stereocenters. The van der Waals surface area contributed by atoms with E-state index in [4.69, 9.17) is 4.74 Å². The van der Waals surface area contributed by atoms with E-state index in [2.05, 4.69) is 4.98 Å². The molecule has 0 amide bonds. The zero-order valence-corrected chi connectivity index (χ0v) is 13.8. The summed E-state index contributed by atoms with van der Waals surface area (Å²) < 4.78 is 18.0. The topological polar surface area (TPSA) is 76.2 Å². The Morgan fingerprint density at radius 3 is 2.54 bits per heavy atom. The number of ketones is 1. The number of hydrogen-bond acceptors (Lipinski definition) is 4. The third-order valence-electron chi connectivity index (χ3n) is 3.90. The van der Waals surface area contributed by atoms with Gasteiger partial charge in [0.2, 0.25) is 0 Å². The number of H-pyrrole nitrogens is 1. The summed E-state index contributed by atoms with van der Waals surface area (Å²) >= 11 is 0. The first kappa shape index (κ1) is 17.5. The van der Waals surface area contributed by atoms with Crippen LogP contribution in [0.5, 0.6) is 0 Å². The van der Waals surface area contributed by atoms with Crippen molar-refractivity contribution in [3.63, 3.8) is 0 Å². The second kappa shape index (κ2) is 7.74. The summed E-state index contributed by atoms with van der Waals surface area (Å²) in [5.74, 6) is -1.21. The molecule has 3 rings (SSSR count). The van der Waals surface area contributed by atoms with Crippen molar-refractivity contribution in [2.75, 3.05) is 6.61 Å². The fourth-order valence-electron chi connectivity index (χ4n) is 2.56. The molecule has 2 aromatic carbocycles. The molecule has 5 nitrogen and oxygen atoms in total. The molecule has 3 aromatic rings. The third-order valence-corrected chi connectivity index (χ3v) is 3.90. The number of halogens is 1. The van der Waals surface area contributed by atoms with Crippen LogP contribution in [0.25, 0.3) is 10.9 Å². The molecular formula is C20H16FNO4. The number of hydrogen-bond donors (Lipinski definition) is 1. The van der Waals surface area contributed by atoms with Crippen LogP contribution in [-0.4, -0.2) is 23.3 Å². The Bertz CT molecular complexity index is 1010. The lowest BCUT2D eigenvalue weighted by Crippen LogP contribution is -2.13. The molecule has 0 radical (unpaired) electrons. The number of fused-ring (bicyclic) bond motifs is 1. The molecule has 0 aliphatic carbocycles. The number of benzene rings is 2. The highest BCUT2D eigenvalue weighted by Crippen LogP contribution is 2.10. The number of aromatic nitrogens is 1. The Morgan fingerprint density at radius 2 is 1.77 bits per heavy atom.